The number of hydrogen-bond donors (Lipinski definition) is 2. The van der Waals surface area contributed by atoms with Gasteiger partial charge in [0.05, 0.1) is 4.90 Å². The zero-order valence-corrected chi connectivity index (χ0v) is 17.6. The van der Waals surface area contributed by atoms with Crippen molar-refractivity contribution >= 4 is 21.6 Å². The van der Waals surface area contributed by atoms with E-state index in [4.69, 9.17) is 4.74 Å². The molecule has 2 N–H and O–H groups in total. The Bertz CT molecular complexity index is 1110. The number of carbonyl (C=O) groups excluding carboxylic acids is 1. The molecule has 1 heterocycles. The standard InChI is InChI=1S/C22H23N3O4S/c1-3-14-23-21(26)20-5-4-15-24-22(20)29-18-10-8-17(9-11-18)25-30(27,28)19-12-6-16(2)7-13-19/h4-13,15,25H,3,14H2,1-2H3,(H,23,26). The Labute approximate surface area is 176 Å². The molecule has 0 radical (unpaired) electrons. The molecule has 0 bridgehead atoms. The van der Waals surface area contributed by atoms with Gasteiger partial charge in [-0.15, -0.1) is 0 Å². The fourth-order valence-corrected chi connectivity index (χ4v) is 3.67. The highest BCUT2D eigenvalue weighted by molar-refractivity contribution is 7.92. The number of aromatic nitrogens is 1. The molecular formula is C22H23N3O4S. The van der Waals surface area contributed by atoms with Crippen molar-refractivity contribution in [3.63, 3.8) is 0 Å². The quantitative estimate of drug-likeness (QED) is 0.566. The lowest BCUT2D eigenvalue weighted by atomic mass is 10.2. The molecule has 0 fully saturated rings. The van der Waals surface area contributed by atoms with Crippen LogP contribution in [0.2, 0.25) is 0 Å². The second kappa shape index (κ2) is 9.41. The Balaban J connectivity index is 1.73. The predicted molar refractivity (Wildman–Crippen MR) is 115 cm³/mol. The second-order valence-electron chi connectivity index (χ2n) is 6.66. The van der Waals surface area contributed by atoms with Gasteiger partial charge in [0.25, 0.3) is 15.9 Å². The molecule has 7 nitrogen and oxygen atoms in total. The SMILES string of the molecule is CCCNC(=O)c1cccnc1Oc1ccc(NS(=O)(=O)c2ccc(C)cc2)cc1. The van der Waals surface area contributed by atoms with Gasteiger partial charge in [0.2, 0.25) is 5.88 Å². The molecule has 0 saturated heterocycles. The summed E-state index contributed by atoms with van der Waals surface area (Å²) < 4.78 is 33.3. The number of anilines is 1. The number of rotatable bonds is 8. The minimum Gasteiger partial charge on any atom is -0.438 e. The van der Waals surface area contributed by atoms with Crippen LogP contribution >= 0.6 is 0 Å². The summed E-state index contributed by atoms with van der Waals surface area (Å²) in [6.45, 7) is 4.42. The number of ether oxygens (including phenoxy) is 1. The zero-order valence-electron chi connectivity index (χ0n) is 16.8. The van der Waals surface area contributed by atoms with Gasteiger partial charge in [0.15, 0.2) is 0 Å². The minimum absolute atomic E-state index is 0.180. The van der Waals surface area contributed by atoms with Crippen molar-refractivity contribution in [3.8, 4) is 11.6 Å². The number of pyridine rings is 1. The third-order valence-electron chi connectivity index (χ3n) is 4.20. The Kier molecular flexibility index (Phi) is 6.68. The van der Waals surface area contributed by atoms with Crippen LogP contribution in [0.3, 0.4) is 0 Å². The third kappa shape index (κ3) is 5.36. The van der Waals surface area contributed by atoms with Gasteiger partial charge >= 0.3 is 0 Å². The van der Waals surface area contributed by atoms with Crippen LogP contribution in [0.1, 0.15) is 29.3 Å². The van der Waals surface area contributed by atoms with Gasteiger partial charge in [-0.25, -0.2) is 13.4 Å². The number of amides is 1. The summed E-state index contributed by atoms with van der Waals surface area (Å²) in [7, 11) is -3.68. The number of sulfonamides is 1. The summed E-state index contributed by atoms with van der Waals surface area (Å²) in [6.07, 6.45) is 2.36. The van der Waals surface area contributed by atoms with Crippen molar-refractivity contribution in [3.05, 3.63) is 78.0 Å². The first-order valence-electron chi connectivity index (χ1n) is 9.49. The lowest BCUT2D eigenvalue weighted by Crippen LogP contribution is -2.24. The summed E-state index contributed by atoms with van der Waals surface area (Å²) in [6, 6.07) is 16.3. The van der Waals surface area contributed by atoms with E-state index in [2.05, 4.69) is 15.0 Å². The fourth-order valence-electron chi connectivity index (χ4n) is 2.61. The van der Waals surface area contributed by atoms with Crippen molar-refractivity contribution < 1.29 is 17.9 Å². The van der Waals surface area contributed by atoms with Gasteiger partial charge in [-0.2, -0.15) is 0 Å². The first kappa shape index (κ1) is 21.3. The van der Waals surface area contributed by atoms with Gasteiger partial charge in [0, 0.05) is 18.4 Å². The summed E-state index contributed by atoms with van der Waals surface area (Å²) in [5, 5.41) is 2.79. The van der Waals surface area contributed by atoms with E-state index in [0.29, 0.717) is 23.5 Å². The first-order valence-corrected chi connectivity index (χ1v) is 11.0. The van der Waals surface area contributed by atoms with Gasteiger partial charge in [0.1, 0.15) is 11.3 Å². The molecule has 8 heteroatoms. The van der Waals surface area contributed by atoms with E-state index >= 15 is 0 Å². The topological polar surface area (TPSA) is 97.4 Å². The summed E-state index contributed by atoms with van der Waals surface area (Å²) in [5.74, 6) is 0.345. The third-order valence-corrected chi connectivity index (χ3v) is 5.60. The van der Waals surface area contributed by atoms with Crippen LogP contribution in [0.4, 0.5) is 5.69 Å². The number of hydrogen-bond acceptors (Lipinski definition) is 5. The van der Waals surface area contributed by atoms with Crippen LogP contribution < -0.4 is 14.8 Å². The Morgan fingerprint density at radius 3 is 2.40 bits per heavy atom. The molecule has 0 aliphatic rings. The zero-order chi connectivity index (χ0) is 21.6. The molecule has 30 heavy (non-hydrogen) atoms. The highest BCUT2D eigenvalue weighted by atomic mass is 32.2. The Morgan fingerprint density at radius 1 is 1.03 bits per heavy atom. The van der Waals surface area contributed by atoms with Crippen molar-refractivity contribution in [1.82, 2.24) is 10.3 Å². The monoisotopic (exact) mass is 425 g/mol. The van der Waals surface area contributed by atoms with E-state index in [0.717, 1.165) is 12.0 Å². The highest BCUT2D eigenvalue weighted by Gasteiger charge is 2.15. The van der Waals surface area contributed by atoms with Crippen LogP contribution in [0.5, 0.6) is 11.6 Å². The maximum Gasteiger partial charge on any atom is 0.261 e. The summed E-state index contributed by atoms with van der Waals surface area (Å²) in [4.78, 5) is 16.6. The van der Waals surface area contributed by atoms with E-state index in [-0.39, 0.29) is 16.7 Å². The van der Waals surface area contributed by atoms with Gasteiger partial charge in [-0.3, -0.25) is 9.52 Å². The summed E-state index contributed by atoms with van der Waals surface area (Å²) >= 11 is 0. The van der Waals surface area contributed by atoms with Crippen LogP contribution in [0.25, 0.3) is 0 Å². The van der Waals surface area contributed by atoms with Crippen LogP contribution in [0.15, 0.2) is 71.8 Å². The number of nitrogens with zero attached hydrogens (tertiary/aromatic N) is 1. The second-order valence-corrected chi connectivity index (χ2v) is 8.34. The minimum atomic E-state index is -3.68. The summed E-state index contributed by atoms with van der Waals surface area (Å²) in [5.41, 5.74) is 1.70. The molecule has 1 aromatic heterocycles. The molecule has 156 valence electrons. The molecule has 0 aliphatic carbocycles. The number of benzene rings is 2. The van der Waals surface area contributed by atoms with Crippen LogP contribution in [-0.2, 0) is 10.0 Å². The van der Waals surface area contributed by atoms with E-state index in [1.54, 1.807) is 60.7 Å². The molecule has 0 unspecified atom stereocenters. The molecule has 0 aliphatic heterocycles. The molecule has 3 rings (SSSR count). The molecule has 1 amide bonds. The van der Waals surface area contributed by atoms with Gasteiger partial charge in [-0.05, 0) is 61.9 Å². The lowest BCUT2D eigenvalue weighted by molar-refractivity contribution is 0.0950. The van der Waals surface area contributed by atoms with Crippen molar-refractivity contribution in [2.45, 2.75) is 25.2 Å². The van der Waals surface area contributed by atoms with Crippen molar-refractivity contribution in [2.75, 3.05) is 11.3 Å². The maximum absolute atomic E-state index is 12.5. The lowest BCUT2D eigenvalue weighted by Gasteiger charge is -2.11. The molecular weight excluding hydrogens is 402 g/mol. The predicted octanol–water partition coefficient (Wildman–Crippen LogP) is 4.12. The van der Waals surface area contributed by atoms with Gasteiger partial charge < -0.3 is 10.1 Å². The average Bonchev–Trinajstić information content (AvgIpc) is 2.74. The molecule has 0 spiro atoms. The molecule has 0 saturated carbocycles. The largest absolute Gasteiger partial charge is 0.438 e. The maximum atomic E-state index is 12.5. The number of carbonyl (C=O) groups is 1. The van der Waals surface area contributed by atoms with E-state index in [9.17, 15) is 13.2 Å². The molecule has 2 aromatic carbocycles. The van der Waals surface area contributed by atoms with Crippen LogP contribution in [0, 0.1) is 6.92 Å². The Hall–Kier alpha value is -3.39. The van der Waals surface area contributed by atoms with E-state index in [1.165, 1.54) is 6.20 Å². The Morgan fingerprint density at radius 2 is 1.73 bits per heavy atom. The van der Waals surface area contributed by atoms with Crippen molar-refractivity contribution in [1.29, 1.82) is 0 Å². The normalized spacial score (nSPS) is 11.0. The number of nitrogens with one attached hydrogen (secondary N) is 2. The average molecular weight is 426 g/mol. The first-order chi connectivity index (χ1) is 14.4. The van der Waals surface area contributed by atoms with Crippen molar-refractivity contribution in [2.24, 2.45) is 0 Å². The highest BCUT2D eigenvalue weighted by Crippen LogP contribution is 2.25. The fraction of sp³-hybridized carbons (Fsp3) is 0.182. The van der Waals surface area contributed by atoms with Crippen LogP contribution in [-0.4, -0.2) is 25.9 Å². The van der Waals surface area contributed by atoms with Gasteiger partial charge in [-0.1, -0.05) is 24.6 Å². The number of aryl methyl sites for hydroxylation is 1. The van der Waals surface area contributed by atoms with E-state index < -0.39 is 10.0 Å². The van der Waals surface area contributed by atoms with E-state index in [1.807, 2.05) is 13.8 Å². The smallest absolute Gasteiger partial charge is 0.261 e. The molecule has 0 atom stereocenters. The molecule has 3 aromatic rings.